The molecule has 0 saturated heterocycles. The van der Waals surface area contributed by atoms with Crippen molar-refractivity contribution in [1.29, 1.82) is 0 Å². The van der Waals surface area contributed by atoms with E-state index in [9.17, 15) is 0 Å². The molecule has 0 aliphatic heterocycles. The van der Waals surface area contributed by atoms with Crippen LogP contribution in [0.1, 0.15) is 60.3 Å². The van der Waals surface area contributed by atoms with E-state index in [1.807, 2.05) is 0 Å². The molecule has 1 atom stereocenters. The minimum atomic E-state index is -1.62. The van der Waals surface area contributed by atoms with Crippen LogP contribution in [-0.4, -0.2) is 14.4 Å². The van der Waals surface area contributed by atoms with Crippen molar-refractivity contribution in [2.24, 2.45) is 0 Å². The largest absolute Gasteiger partial charge is 0.414 e. The fourth-order valence-corrected chi connectivity index (χ4v) is 3.03. The summed E-state index contributed by atoms with van der Waals surface area (Å²) in [7, 11) is -1.62. The quantitative estimate of drug-likeness (QED) is 0.386. The van der Waals surface area contributed by atoms with E-state index in [1.165, 1.54) is 0 Å². The molecule has 0 aromatic rings. The van der Waals surface area contributed by atoms with Gasteiger partial charge in [-0.3, -0.25) is 0 Å². The summed E-state index contributed by atoms with van der Waals surface area (Å²) in [6.07, 6.45) is 13.7. The molecule has 0 amide bonds. The zero-order valence-electron chi connectivity index (χ0n) is 14.1. The van der Waals surface area contributed by atoms with Gasteiger partial charge in [-0.15, -0.1) is 0 Å². The smallest absolute Gasteiger partial charge is 0.192 e. The van der Waals surface area contributed by atoms with E-state index < -0.39 is 8.32 Å². The first-order valence-corrected chi connectivity index (χ1v) is 10.6. The molecule has 0 aliphatic rings. The summed E-state index contributed by atoms with van der Waals surface area (Å²) in [5, 5.41) is 0.300. The van der Waals surface area contributed by atoms with Crippen molar-refractivity contribution < 1.29 is 4.43 Å². The highest BCUT2D eigenvalue weighted by atomic mass is 28.4. The molecule has 0 N–H and O–H groups in total. The number of rotatable bonds is 8. The highest BCUT2D eigenvalue weighted by Gasteiger charge is 2.38. The van der Waals surface area contributed by atoms with Gasteiger partial charge < -0.3 is 4.43 Å². The predicted octanol–water partition coefficient (Wildman–Crippen LogP) is 6.09. The third-order valence-electron chi connectivity index (χ3n) is 3.96. The Labute approximate surface area is 122 Å². The van der Waals surface area contributed by atoms with Gasteiger partial charge in [-0.25, -0.2) is 0 Å². The second kappa shape index (κ2) is 8.75. The molecule has 112 valence electrons. The van der Waals surface area contributed by atoms with Crippen molar-refractivity contribution in [3.05, 3.63) is 24.3 Å². The van der Waals surface area contributed by atoms with E-state index in [4.69, 9.17) is 4.43 Å². The highest BCUT2D eigenvalue weighted by molar-refractivity contribution is 6.74. The standard InChI is InChI=1S/C17H34OSi/c1-8-10-11-12-13-14-15-16(9-2)18-19(6,7)17(3,4)5/h10-11,13-14,16H,8-9,12,15H2,1-7H3/b11-10-,14-13-. The first-order valence-electron chi connectivity index (χ1n) is 7.72. The molecule has 0 spiro atoms. The van der Waals surface area contributed by atoms with Crippen molar-refractivity contribution in [2.75, 3.05) is 0 Å². The van der Waals surface area contributed by atoms with Gasteiger partial charge in [-0.05, 0) is 43.8 Å². The molecular formula is C17H34OSi. The van der Waals surface area contributed by atoms with Crippen LogP contribution in [0.2, 0.25) is 18.1 Å². The van der Waals surface area contributed by atoms with Crippen LogP contribution in [0.5, 0.6) is 0 Å². The van der Waals surface area contributed by atoms with Crippen molar-refractivity contribution in [1.82, 2.24) is 0 Å². The van der Waals surface area contributed by atoms with Crippen LogP contribution >= 0.6 is 0 Å². The Morgan fingerprint density at radius 1 is 1.00 bits per heavy atom. The van der Waals surface area contributed by atoms with Crippen molar-refractivity contribution in [3.63, 3.8) is 0 Å². The maximum Gasteiger partial charge on any atom is 0.192 e. The summed E-state index contributed by atoms with van der Waals surface area (Å²) in [4.78, 5) is 0. The monoisotopic (exact) mass is 282 g/mol. The molecule has 0 bridgehead atoms. The fourth-order valence-electron chi connectivity index (χ4n) is 1.58. The molecule has 19 heavy (non-hydrogen) atoms. The Morgan fingerprint density at radius 3 is 2.05 bits per heavy atom. The molecule has 0 rings (SSSR count). The summed E-state index contributed by atoms with van der Waals surface area (Å²) in [5.41, 5.74) is 0. The Morgan fingerprint density at radius 2 is 1.58 bits per heavy atom. The van der Waals surface area contributed by atoms with Gasteiger partial charge in [-0.1, -0.05) is 58.9 Å². The number of hydrogen-bond acceptors (Lipinski definition) is 1. The minimum absolute atomic E-state index is 0.300. The van der Waals surface area contributed by atoms with Crippen molar-refractivity contribution >= 4 is 8.32 Å². The highest BCUT2D eigenvalue weighted by Crippen LogP contribution is 2.37. The third kappa shape index (κ3) is 7.73. The van der Waals surface area contributed by atoms with Crippen LogP contribution in [0.15, 0.2) is 24.3 Å². The molecule has 0 aromatic heterocycles. The zero-order chi connectivity index (χ0) is 14.9. The van der Waals surface area contributed by atoms with Gasteiger partial charge in [0.15, 0.2) is 8.32 Å². The van der Waals surface area contributed by atoms with Crippen LogP contribution in [-0.2, 0) is 4.43 Å². The zero-order valence-corrected chi connectivity index (χ0v) is 15.1. The topological polar surface area (TPSA) is 9.23 Å². The maximum absolute atomic E-state index is 6.45. The summed E-state index contributed by atoms with van der Waals surface area (Å²) in [5.74, 6) is 0. The lowest BCUT2D eigenvalue weighted by molar-refractivity contribution is 0.179. The average Bonchev–Trinajstić information content (AvgIpc) is 2.30. The van der Waals surface area contributed by atoms with Gasteiger partial charge in [0.2, 0.25) is 0 Å². The Kier molecular flexibility index (Phi) is 8.60. The Hall–Kier alpha value is -0.343. The average molecular weight is 283 g/mol. The summed E-state index contributed by atoms with van der Waals surface area (Å²) in [6, 6.07) is 0. The lowest BCUT2D eigenvalue weighted by atomic mass is 10.2. The first kappa shape index (κ1) is 18.7. The summed E-state index contributed by atoms with van der Waals surface area (Å²) < 4.78 is 6.45. The van der Waals surface area contributed by atoms with E-state index in [0.717, 1.165) is 25.7 Å². The van der Waals surface area contributed by atoms with Crippen molar-refractivity contribution in [2.45, 2.75) is 84.5 Å². The molecule has 2 heteroatoms. The van der Waals surface area contributed by atoms with Gasteiger partial charge >= 0.3 is 0 Å². The van der Waals surface area contributed by atoms with Crippen LogP contribution in [0.3, 0.4) is 0 Å². The third-order valence-corrected chi connectivity index (χ3v) is 8.50. The molecule has 1 nitrogen and oxygen atoms in total. The predicted molar refractivity (Wildman–Crippen MR) is 90.2 cm³/mol. The number of hydrogen-bond donors (Lipinski definition) is 0. The van der Waals surface area contributed by atoms with Gasteiger partial charge in [-0.2, -0.15) is 0 Å². The summed E-state index contributed by atoms with van der Waals surface area (Å²) >= 11 is 0. The van der Waals surface area contributed by atoms with E-state index in [2.05, 4.69) is 72.0 Å². The summed E-state index contributed by atoms with van der Waals surface area (Å²) in [6.45, 7) is 16.0. The number of allylic oxidation sites excluding steroid dienone is 3. The lowest BCUT2D eigenvalue weighted by Crippen LogP contribution is -2.43. The Balaban J connectivity index is 4.26. The molecular weight excluding hydrogens is 248 g/mol. The second-order valence-corrected chi connectivity index (χ2v) is 11.5. The fraction of sp³-hybridized carbons (Fsp3) is 0.765. The molecule has 0 saturated carbocycles. The van der Waals surface area contributed by atoms with Crippen LogP contribution in [0.25, 0.3) is 0 Å². The SMILES string of the molecule is CC/C=C\C/C=C\CC(CC)O[Si](C)(C)C(C)(C)C. The molecule has 0 fully saturated rings. The van der Waals surface area contributed by atoms with Gasteiger partial charge in [0.05, 0.1) is 0 Å². The van der Waals surface area contributed by atoms with E-state index >= 15 is 0 Å². The van der Waals surface area contributed by atoms with Crippen LogP contribution < -0.4 is 0 Å². The molecule has 1 unspecified atom stereocenters. The van der Waals surface area contributed by atoms with Gasteiger partial charge in [0.1, 0.15) is 0 Å². The van der Waals surface area contributed by atoms with Gasteiger partial charge in [0.25, 0.3) is 0 Å². The minimum Gasteiger partial charge on any atom is -0.414 e. The molecule has 0 aliphatic carbocycles. The van der Waals surface area contributed by atoms with Crippen molar-refractivity contribution in [3.8, 4) is 0 Å². The molecule has 0 radical (unpaired) electrons. The second-order valence-electron chi connectivity index (χ2n) is 6.73. The Bertz CT molecular complexity index is 284. The normalized spacial score (nSPS) is 15.5. The molecule has 0 heterocycles. The van der Waals surface area contributed by atoms with E-state index in [0.29, 0.717) is 11.1 Å². The van der Waals surface area contributed by atoms with Crippen LogP contribution in [0, 0.1) is 0 Å². The van der Waals surface area contributed by atoms with E-state index in [1.54, 1.807) is 0 Å². The van der Waals surface area contributed by atoms with E-state index in [-0.39, 0.29) is 0 Å². The maximum atomic E-state index is 6.45. The lowest BCUT2D eigenvalue weighted by Gasteiger charge is -2.39. The van der Waals surface area contributed by atoms with Gasteiger partial charge in [0, 0.05) is 6.10 Å². The van der Waals surface area contributed by atoms with Crippen LogP contribution in [0.4, 0.5) is 0 Å². The first-order chi connectivity index (χ1) is 8.74. The molecule has 0 aromatic carbocycles.